The Kier molecular flexibility index (Phi) is 7.94. The molecule has 4 nitrogen and oxygen atoms in total. The Morgan fingerprint density at radius 2 is 1.57 bits per heavy atom. The molecule has 0 aliphatic rings. The maximum absolute atomic E-state index is 13.0. The number of amides is 1. The van der Waals surface area contributed by atoms with E-state index in [0.717, 1.165) is 10.5 Å². The Morgan fingerprint density at radius 1 is 0.933 bits per heavy atom. The minimum Gasteiger partial charge on any atom is -0.491 e. The second-order valence-electron chi connectivity index (χ2n) is 7.22. The number of thioether (sulfide) groups is 1. The summed E-state index contributed by atoms with van der Waals surface area (Å²) in [5.74, 6) is 0.568. The monoisotopic (exact) mass is 421 g/mol. The highest BCUT2D eigenvalue weighted by molar-refractivity contribution is 8.00. The van der Waals surface area contributed by atoms with E-state index in [2.05, 4.69) is 5.32 Å². The van der Waals surface area contributed by atoms with Crippen molar-refractivity contribution in [3.8, 4) is 5.75 Å². The number of hydrogen-bond acceptors (Lipinski definition) is 4. The first-order valence-electron chi connectivity index (χ1n) is 10.0. The summed E-state index contributed by atoms with van der Waals surface area (Å²) in [5.41, 5.74) is 1.63. The Labute approximate surface area is 182 Å². The predicted molar refractivity (Wildman–Crippen MR) is 122 cm³/mol. The zero-order valence-corrected chi connectivity index (χ0v) is 18.0. The molecule has 0 saturated heterocycles. The highest BCUT2D eigenvalue weighted by Crippen LogP contribution is 2.35. The van der Waals surface area contributed by atoms with Gasteiger partial charge in [0, 0.05) is 11.4 Å². The van der Waals surface area contributed by atoms with Crippen molar-refractivity contribution in [2.75, 3.05) is 6.54 Å². The molecule has 0 aliphatic heterocycles. The molecule has 156 valence electrons. The molecule has 0 spiro atoms. The molecule has 0 aromatic heterocycles. The molecule has 2 unspecified atom stereocenters. The molecule has 0 saturated carbocycles. The molecular formula is C25H27NO3S. The van der Waals surface area contributed by atoms with Crippen molar-refractivity contribution in [3.05, 3.63) is 96.1 Å². The van der Waals surface area contributed by atoms with E-state index < -0.39 is 11.4 Å². The average molecular weight is 422 g/mol. The minimum atomic E-state index is -0.817. The third-order valence-corrected chi connectivity index (χ3v) is 5.69. The number of rotatable bonds is 9. The van der Waals surface area contributed by atoms with Crippen LogP contribution in [0.3, 0.4) is 0 Å². The quantitative estimate of drug-likeness (QED) is 0.469. The summed E-state index contributed by atoms with van der Waals surface area (Å²) in [4.78, 5) is 14.0. The highest BCUT2D eigenvalue weighted by Gasteiger charge is 2.22. The van der Waals surface area contributed by atoms with E-state index in [1.807, 2.05) is 98.8 Å². The number of aliphatic hydroxyl groups excluding tert-OH is 1. The SMILES string of the molecule is CC(C)Oc1cccc(C(O)CNC(=O)C(Sc2ccccc2)c2ccccc2)c1. The molecule has 30 heavy (non-hydrogen) atoms. The molecule has 0 fully saturated rings. The van der Waals surface area contributed by atoms with Crippen molar-refractivity contribution in [1.29, 1.82) is 0 Å². The van der Waals surface area contributed by atoms with Gasteiger partial charge < -0.3 is 15.2 Å². The van der Waals surface area contributed by atoms with Crippen LogP contribution < -0.4 is 10.1 Å². The smallest absolute Gasteiger partial charge is 0.238 e. The standard InChI is InChI=1S/C25H27NO3S/c1-18(2)29-21-13-9-12-20(16-21)23(27)17-26-25(28)24(19-10-5-3-6-11-19)30-22-14-7-4-8-15-22/h3-16,18,23-24,27H,17H2,1-2H3,(H,26,28). The predicted octanol–water partition coefficient (Wildman–Crippen LogP) is 5.16. The lowest BCUT2D eigenvalue weighted by molar-refractivity contribution is -0.121. The number of nitrogens with one attached hydrogen (secondary N) is 1. The summed E-state index contributed by atoms with van der Waals surface area (Å²) in [5, 5.41) is 13.1. The van der Waals surface area contributed by atoms with Crippen LogP contribution in [0.15, 0.2) is 89.8 Å². The summed E-state index contributed by atoms with van der Waals surface area (Å²) < 4.78 is 5.69. The van der Waals surface area contributed by atoms with Gasteiger partial charge in [0.25, 0.3) is 0 Å². The molecule has 5 heteroatoms. The molecule has 0 bridgehead atoms. The summed E-state index contributed by atoms with van der Waals surface area (Å²) in [7, 11) is 0. The summed E-state index contributed by atoms with van der Waals surface area (Å²) in [6.45, 7) is 4.04. The third-order valence-electron chi connectivity index (χ3n) is 4.42. The van der Waals surface area contributed by atoms with Gasteiger partial charge in [0.05, 0.1) is 12.2 Å². The van der Waals surface area contributed by atoms with Crippen LogP contribution in [0, 0.1) is 0 Å². The van der Waals surface area contributed by atoms with E-state index in [-0.39, 0.29) is 18.6 Å². The van der Waals surface area contributed by atoms with Crippen LogP contribution in [-0.4, -0.2) is 23.7 Å². The topological polar surface area (TPSA) is 58.6 Å². The molecule has 0 heterocycles. The van der Waals surface area contributed by atoms with Gasteiger partial charge in [-0.15, -0.1) is 11.8 Å². The zero-order valence-electron chi connectivity index (χ0n) is 17.2. The normalized spacial score (nSPS) is 12.9. The van der Waals surface area contributed by atoms with Crippen LogP contribution in [0.5, 0.6) is 5.75 Å². The second kappa shape index (κ2) is 10.9. The maximum atomic E-state index is 13.0. The van der Waals surface area contributed by atoms with Gasteiger partial charge in [-0.2, -0.15) is 0 Å². The summed E-state index contributed by atoms with van der Waals surface area (Å²) in [6.07, 6.45) is -0.762. The number of benzene rings is 3. The van der Waals surface area contributed by atoms with Crippen LogP contribution in [0.25, 0.3) is 0 Å². The maximum Gasteiger partial charge on any atom is 0.238 e. The molecule has 0 radical (unpaired) electrons. The Morgan fingerprint density at radius 3 is 2.23 bits per heavy atom. The van der Waals surface area contributed by atoms with Crippen LogP contribution >= 0.6 is 11.8 Å². The van der Waals surface area contributed by atoms with Gasteiger partial charge in [0.1, 0.15) is 11.0 Å². The number of carbonyl (C=O) groups is 1. The largest absolute Gasteiger partial charge is 0.491 e. The Bertz CT molecular complexity index is 931. The van der Waals surface area contributed by atoms with E-state index in [9.17, 15) is 9.90 Å². The molecule has 3 aromatic rings. The van der Waals surface area contributed by atoms with Crippen LogP contribution in [0.2, 0.25) is 0 Å². The fourth-order valence-electron chi connectivity index (χ4n) is 3.01. The second-order valence-corrected chi connectivity index (χ2v) is 8.40. The molecule has 3 aromatic carbocycles. The van der Waals surface area contributed by atoms with Crippen molar-refractivity contribution < 1.29 is 14.6 Å². The van der Waals surface area contributed by atoms with Crippen molar-refractivity contribution in [2.24, 2.45) is 0 Å². The van der Waals surface area contributed by atoms with Crippen molar-refractivity contribution in [3.63, 3.8) is 0 Å². The first-order chi connectivity index (χ1) is 14.5. The first kappa shape index (κ1) is 21.9. The lowest BCUT2D eigenvalue weighted by atomic mass is 10.1. The fraction of sp³-hybridized carbons (Fsp3) is 0.240. The number of aliphatic hydroxyl groups is 1. The van der Waals surface area contributed by atoms with Gasteiger partial charge >= 0.3 is 0 Å². The van der Waals surface area contributed by atoms with Gasteiger partial charge in [-0.05, 0) is 49.2 Å². The number of ether oxygens (including phenoxy) is 1. The van der Waals surface area contributed by atoms with E-state index in [1.165, 1.54) is 11.8 Å². The Balaban J connectivity index is 1.68. The van der Waals surface area contributed by atoms with Crippen molar-refractivity contribution in [2.45, 2.75) is 36.2 Å². The number of hydrogen-bond donors (Lipinski definition) is 2. The lowest BCUT2D eigenvalue weighted by Gasteiger charge is -2.19. The fourth-order valence-corrected chi connectivity index (χ4v) is 4.08. The minimum absolute atomic E-state index is 0.0544. The number of carbonyl (C=O) groups excluding carboxylic acids is 1. The molecule has 2 atom stereocenters. The van der Waals surface area contributed by atoms with Crippen molar-refractivity contribution in [1.82, 2.24) is 5.32 Å². The van der Waals surface area contributed by atoms with E-state index in [1.54, 1.807) is 0 Å². The van der Waals surface area contributed by atoms with E-state index >= 15 is 0 Å². The van der Waals surface area contributed by atoms with Gasteiger partial charge in [0.2, 0.25) is 5.91 Å². The van der Waals surface area contributed by atoms with Gasteiger partial charge in [0.15, 0.2) is 0 Å². The molecule has 1 amide bonds. The zero-order chi connectivity index (χ0) is 21.3. The molecule has 3 rings (SSSR count). The lowest BCUT2D eigenvalue weighted by Crippen LogP contribution is -2.31. The molecular weight excluding hydrogens is 394 g/mol. The van der Waals surface area contributed by atoms with E-state index in [0.29, 0.717) is 11.3 Å². The van der Waals surface area contributed by atoms with Crippen molar-refractivity contribution >= 4 is 17.7 Å². The Hall–Kier alpha value is -2.76. The van der Waals surface area contributed by atoms with Gasteiger partial charge in [-0.3, -0.25) is 4.79 Å². The van der Waals surface area contributed by atoms with Crippen LogP contribution in [0.1, 0.15) is 36.3 Å². The van der Waals surface area contributed by atoms with E-state index in [4.69, 9.17) is 4.74 Å². The average Bonchev–Trinajstić information content (AvgIpc) is 2.76. The summed E-state index contributed by atoms with van der Waals surface area (Å²) >= 11 is 1.49. The summed E-state index contributed by atoms with van der Waals surface area (Å²) in [6, 6.07) is 26.9. The van der Waals surface area contributed by atoms with Gasteiger partial charge in [-0.1, -0.05) is 60.7 Å². The molecule has 2 N–H and O–H groups in total. The third kappa shape index (κ3) is 6.37. The van der Waals surface area contributed by atoms with Crippen LogP contribution in [0.4, 0.5) is 0 Å². The van der Waals surface area contributed by atoms with Crippen LogP contribution in [-0.2, 0) is 4.79 Å². The van der Waals surface area contributed by atoms with Gasteiger partial charge in [-0.25, -0.2) is 0 Å². The first-order valence-corrected chi connectivity index (χ1v) is 10.9. The molecule has 0 aliphatic carbocycles. The highest BCUT2D eigenvalue weighted by atomic mass is 32.2.